The number of nitrogen functional groups attached to an aromatic ring is 1. The zero-order valence-corrected chi connectivity index (χ0v) is 10.5. The lowest BCUT2D eigenvalue weighted by Gasteiger charge is -2.11. The van der Waals surface area contributed by atoms with Crippen molar-refractivity contribution in [2.75, 3.05) is 17.6 Å². The summed E-state index contributed by atoms with van der Waals surface area (Å²) in [6, 6.07) is 11.0. The molecule has 98 valence electrons. The first-order valence-electron chi connectivity index (χ1n) is 6.00. The van der Waals surface area contributed by atoms with Crippen LogP contribution in [0.15, 0.2) is 42.6 Å². The quantitative estimate of drug-likeness (QED) is 0.705. The lowest BCUT2D eigenvalue weighted by molar-refractivity contribution is 0.100. The van der Waals surface area contributed by atoms with Gasteiger partial charge in [0.05, 0.1) is 16.9 Å². The van der Waals surface area contributed by atoms with Crippen LogP contribution in [0.2, 0.25) is 0 Å². The Morgan fingerprint density at radius 3 is 2.74 bits per heavy atom. The Morgan fingerprint density at radius 2 is 2.05 bits per heavy atom. The highest BCUT2D eigenvalue weighted by Crippen LogP contribution is 2.22. The van der Waals surface area contributed by atoms with Crippen molar-refractivity contribution in [3.05, 3.63) is 53.9 Å². The molecule has 1 amide bonds. The summed E-state index contributed by atoms with van der Waals surface area (Å²) in [6.45, 7) is 0.684. The summed E-state index contributed by atoms with van der Waals surface area (Å²) in [7, 11) is 0. The monoisotopic (exact) mass is 256 g/mol. The van der Waals surface area contributed by atoms with Gasteiger partial charge in [-0.15, -0.1) is 0 Å². The number of primary amides is 1. The standard InChI is InChI=1S/C14H16N4O/c15-13-11(14(16)19)5-3-6-12(13)18-9-7-10-4-1-2-8-17-10/h1-6,8,18H,7,9,15H2,(H2,16,19). The molecule has 1 aromatic carbocycles. The highest BCUT2D eigenvalue weighted by atomic mass is 16.1. The molecule has 2 aromatic rings. The van der Waals surface area contributed by atoms with Crippen LogP contribution in [-0.4, -0.2) is 17.4 Å². The molecule has 5 N–H and O–H groups in total. The van der Waals surface area contributed by atoms with Gasteiger partial charge in [-0.1, -0.05) is 12.1 Å². The number of pyridine rings is 1. The van der Waals surface area contributed by atoms with Crippen LogP contribution in [0.4, 0.5) is 11.4 Å². The predicted molar refractivity (Wildman–Crippen MR) is 75.8 cm³/mol. The number of nitrogens with two attached hydrogens (primary N) is 2. The molecule has 0 saturated heterocycles. The molecular weight excluding hydrogens is 240 g/mol. The van der Waals surface area contributed by atoms with E-state index in [0.29, 0.717) is 23.5 Å². The van der Waals surface area contributed by atoms with Crippen LogP contribution in [0.25, 0.3) is 0 Å². The predicted octanol–water partition coefficient (Wildman–Crippen LogP) is 1.42. The lowest BCUT2D eigenvalue weighted by Crippen LogP contribution is -2.15. The Morgan fingerprint density at radius 1 is 1.21 bits per heavy atom. The number of nitrogens with zero attached hydrogens (tertiary/aromatic N) is 1. The second-order valence-corrected chi connectivity index (χ2v) is 4.13. The van der Waals surface area contributed by atoms with E-state index >= 15 is 0 Å². The van der Waals surface area contributed by atoms with E-state index in [2.05, 4.69) is 10.3 Å². The van der Waals surface area contributed by atoms with Crippen molar-refractivity contribution in [3.63, 3.8) is 0 Å². The third kappa shape index (κ3) is 3.22. The molecule has 0 saturated carbocycles. The van der Waals surface area contributed by atoms with Crippen LogP contribution in [-0.2, 0) is 6.42 Å². The molecule has 1 aromatic heterocycles. The number of amides is 1. The number of hydrogen-bond donors (Lipinski definition) is 3. The molecule has 19 heavy (non-hydrogen) atoms. The van der Waals surface area contributed by atoms with Crippen LogP contribution in [0.5, 0.6) is 0 Å². The number of nitrogens with one attached hydrogen (secondary N) is 1. The van der Waals surface area contributed by atoms with Gasteiger partial charge in [-0.05, 0) is 24.3 Å². The minimum atomic E-state index is -0.522. The summed E-state index contributed by atoms with van der Waals surface area (Å²) in [6.07, 6.45) is 2.54. The number of aromatic nitrogens is 1. The van der Waals surface area contributed by atoms with Crippen LogP contribution in [0.3, 0.4) is 0 Å². The van der Waals surface area contributed by atoms with Crippen LogP contribution in [0.1, 0.15) is 16.1 Å². The second-order valence-electron chi connectivity index (χ2n) is 4.13. The normalized spacial score (nSPS) is 10.1. The molecule has 0 fully saturated rings. The largest absolute Gasteiger partial charge is 0.396 e. The number of carbonyl (C=O) groups excluding carboxylic acids is 1. The molecule has 0 aliphatic carbocycles. The molecule has 0 aliphatic heterocycles. The zero-order chi connectivity index (χ0) is 13.7. The maximum Gasteiger partial charge on any atom is 0.250 e. The van der Waals surface area contributed by atoms with Gasteiger partial charge in [0.15, 0.2) is 0 Å². The second kappa shape index (κ2) is 5.86. The van der Waals surface area contributed by atoms with E-state index in [-0.39, 0.29) is 0 Å². The molecule has 0 radical (unpaired) electrons. The fourth-order valence-corrected chi connectivity index (χ4v) is 1.81. The summed E-state index contributed by atoms with van der Waals surface area (Å²) >= 11 is 0. The van der Waals surface area contributed by atoms with Gasteiger partial charge in [-0.2, -0.15) is 0 Å². The summed E-state index contributed by atoms with van der Waals surface area (Å²) < 4.78 is 0. The fourth-order valence-electron chi connectivity index (χ4n) is 1.81. The van der Waals surface area contributed by atoms with E-state index in [9.17, 15) is 4.79 Å². The number of benzene rings is 1. The minimum absolute atomic E-state index is 0.336. The van der Waals surface area contributed by atoms with E-state index < -0.39 is 5.91 Å². The third-order valence-corrected chi connectivity index (χ3v) is 2.79. The Bertz CT molecular complexity index is 569. The molecule has 0 spiro atoms. The molecular formula is C14H16N4O. The van der Waals surface area contributed by atoms with Crippen molar-refractivity contribution in [1.29, 1.82) is 0 Å². The van der Waals surface area contributed by atoms with E-state index in [1.165, 1.54) is 0 Å². The first-order valence-corrected chi connectivity index (χ1v) is 6.00. The van der Waals surface area contributed by atoms with Gasteiger partial charge in [-0.3, -0.25) is 9.78 Å². The molecule has 5 nitrogen and oxygen atoms in total. The SMILES string of the molecule is NC(=O)c1cccc(NCCc2ccccn2)c1N. The highest BCUT2D eigenvalue weighted by Gasteiger charge is 2.08. The molecule has 0 unspecified atom stereocenters. The molecule has 0 atom stereocenters. The van der Waals surface area contributed by atoms with Crippen LogP contribution in [0, 0.1) is 0 Å². The minimum Gasteiger partial charge on any atom is -0.396 e. The number of hydrogen-bond acceptors (Lipinski definition) is 4. The fraction of sp³-hybridized carbons (Fsp3) is 0.143. The van der Waals surface area contributed by atoms with E-state index in [4.69, 9.17) is 11.5 Å². The first kappa shape index (κ1) is 12.9. The zero-order valence-electron chi connectivity index (χ0n) is 10.5. The molecule has 5 heteroatoms. The van der Waals surface area contributed by atoms with Crippen molar-refractivity contribution in [3.8, 4) is 0 Å². The average Bonchev–Trinajstić information content (AvgIpc) is 2.41. The number of rotatable bonds is 5. The van der Waals surface area contributed by atoms with Crippen molar-refractivity contribution in [1.82, 2.24) is 4.98 Å². The average molecular weight is 256 g/mol. The topological polar surface area (TPSA) is 94.0 Å². The van der Waals surface area contributed by atoms with Gasteiger partial charge in [0.2, 0.25) is 0 Å². The van der Waals surface area contributed by atoms with Crippen LogP contribution < -0.4 is 16.8 Å². The van der Waals surface area contributed by atoms with Crippen molar-refractivity contribution < 1.29 is 4.79 Å². The molecule has 2 rings (SSSR count). The van der Waals surface area contributed by atoms with E-state index in [1.54, 1.807) is 18.3 Å². The van der Waals surface area contributed by atoms with Gasteiger partial charge in [-0.25, -0.2) is 0 Å². The van der Waals surface area contributed by atoms with Crippen LogP contribution >= 0.6 is 0 Å². The lowest BCUT2D eigenvalue weighted by atomic mass is 10.1. The molecule has 0 aliphatic rings. The summed E-state index contributed by atoms with van der Waals surface area (Å²) in [4.78, 5) is 15.4. The van der Waals surface area contributed by atoms with Gasteiger partial charge >= 0.3 is 0 Å². The summed E-state index contributed by atoms with van der Waals surface area (Å²) in [5.41, 5.74) is 13.6. The van der Waals surface area contributed by atoms with E-state index in [0.717, 1.165) is 12.1 Å². The third-order valence-electron chi connectivity index (χ3n) is 2.79. The highest BCUT2D eigenvalue weighted by molar-refractivity contribution is 6.00. The molecule has 1 heterocycles. The van der Waals surface area contributed by atoms with Crippen molar-refractivity contribution in [2.45, 2.75) is 6.42 Å². The van der Waals surface area contributed by atoms with Gasteiger partial charge in [0.25, 0.3) is 5.91 Å². The van der Waals surface area contributed by atoms with Gasteiger partial charge in [0, 0.05) is 24.9 Å². The number of para-hydroxylation sites is 1. The summed E-state index contributed by atoms with van der Waals surface area (Å²) in [5, 5.41) is 3.18. The Hall–Kier alpha value is -2.56. The number of anilines is 2. The van der Waals surface area contributed by atoms with E-state index in [1.807, 2.05) is 24.3 Å². The van der Waals surface area contributed by atoms with Gasteiger partial charge < -0.3 is 16.8 Å². The van der Waals surface area contributed by atoms with Gasteiger partial charge in [0.1, 0.15) is 0 Å². The smallest absolute Gasteiger partial charge is 0.250 e. The first-order chi connectivity index (χ1) is 9.18. The Labute approximate surface area is 111 Å². The Balaban J connectivity index is 2.00. The van der Waals surface area contributed by atoms with Crippen molar-refractivity contribution >= 4 is 17.3 Å². The molecule has 0 bridgehead atoms. The maximum absolute atomic E-state index is 11.2. The number of carbonyl (C=O) groups is 1. The summed E-state index contributed by atoms with van der Waals surface area (Å²) in [5.74, 6) is -0.522. The maximum atomic E-state index is 11.2. The van der Waals surface area contributed by atoms with Crippen molar-refractivity contribution in [2.24, 2.45) is 5.73 Å². The Kier molecular flexibility index (Phi) is 3.97.